The van der Waals surface area contributed by atoms with E-state index in [4.69, 9.17) is 5.11 Å². The SMILES string of the molecule is CCC(CC)(CCO)CNC(=O)C1CC(O)CN1. The minimum atomic E-state index is -0.416. The van der Waals surface area contributed by atoms with Crippen LogP contribution in [0.4, 0.5) is 0 Å². The first-order valence-electron chi connectivity index (χ1n) is 6.87. The fraction of sp³-hybridized carbons (Fsp3) is 0.923. The average molecular weight is 258 g/mol. The van der Waals surface area contributed by atoms with Gasteiger partial charge >= 0.3 is 0 Å². The van der Waals surface area contributed by atoms with Crippen LogP contribution in [-0.4, -0.2) is 48.0 Å². The van der Waals surface area contributed by atoms with Crippen LogP contribution in [0.5, 0.6) is 0 Å². The van der Waals surface area contributed by atoms with Gasteiger partial charge in [-0.25, -0.2) is 0 Å². The molecule has 106 valence electrons. The monoisotopic (exact) mass is 258 g/mol. The molecule has 1 rings (SSSR count). The molecule has 0 aromatic rings. The maximum atomic E-state index is 11.9. The van der Waals surface area contributed by atoms with Crippen LogP contribution in [0.3, 0.4) is 0 Å². The molecule has 5 heteroatoms. The molecule has 2 unspecified atom stereocenters. The molecule has 1 fully saturated rings. The molecule has 0 spiro atoms. The first kappa shape index (κ1) is 15.4. The topological polar surface area (TPSA) is 81.6 Å². The van der Waals surface area contributed by atoms with E-state index in [1.807, 2.05) is 0 Å². The standard InChI is InChI=1S/C13H26N2O3/c1-3-13(4-2,5-6-16)9-15-12(18)11-7-10(17)8-14-11/h10-11,14,16-17H,3-9H2,1-2H3,(H,15,18). The van der Waals surface area contributed by atoms with E-state index >= 15 is 0 Å². The molecule has 18 heavy (non-hydrogen) atoms. The van der Waals surface area contributed by atoms with Crippen LogP contribution in [0.15, 0.2) is 0 Å². The summed E-state index contributed by atoms with van der Waals surface area (Å²) in [5.74, 6) is -0.0456. The minimum absolute atomic E-state index is 0.0123. The molecule has 1 saturated heterocycles. The molecule has 0 aromatic heterocycles. The zero-order valence-electron chi connectivity index (χ0n) is 11.4. The normalized spacial score (nSPS) is 24.2. The molecule has 0 bridgehead atoms. The molecule has 0 aromatic carbocycles. The van der Waals surface area contributed by atoms with Gasteiger partial charge in [-0.15, -0.1) is 0 Å². The van der Waals surface area contributed by atoms with E-state index < -0.39 is 6.10 Å². The summed E-state index contributed by atoms with van der Waals surface area (Å²) in [5.41, 5.74) is -0.0123. The molecule has 1 heterocycles. The number of nitrogens with one attached hydrogen (secondary N) is 2. The Bertz CT molecular complexity index is 267. The quantitative estimate of drug-likeness (QED) is 0.519. The number of aliphatic hydroxyl groups excluding tert-OH is 2. The van der Waals surface area contributed by atoms with E-state index in [-0.39, 0.29) is 24.0 Å². The summed E-state index contributed by atoms with van der Waals surface area (Å²) in [5, 5.41) is 24.4. The van der Waals surface area contributed by atoms with Crippen LogP contribution >= 0.6 is 0 Å². The molecule has 1 aliphatic rings. The van der Waals surface area contributed by atoms with Crippen molar-refractivity contribution in [2.45, 2.75) is 51.7 Å². The second-order valence-electron chi connectivity index (χ2n) is 5.25. The van der Waals surface area contributed by atoms with Gasteiger partial charge in [-0.05, 0) is 31.1 Å². The first-order chi connectivity index (χ1) is 8.56. The predicted molar refractivity (Wildman–Crippen MR) is 70.1 cm³/mol. The number of β-amino-alcohol motifs (C(OH)–C–C–N with tert-alkyl or cyclic N) is 1. The number of rotatable bonds is 7. The Morgan fingerprint density at radius 1 is 1.44 bits per heavy atom. The largest absolute Gasteiger partial charge is 0.396 e. The molecule has 0 radical (unpaired) electrons. The molecule has 1 amide bonds. The summed E-state index contributed by atoms with van der Waals surface area (Å²) in [7, 11) is 0. The summed E-state index contributed by atoms with van der Waals surface area (Å²) >= 11 is 0. The van der Waals surface area contributed by atoms with E-state index in [1.54, 1.807) is 0 Å². The maximum absolute atomic E-state index is 11.9. The van der Waals surface area contributed by atoms with Gasteiger partial charge in [0, 0.05) is 19.7 Å². The molecule has 2 atom stereocenters. The van der Waals surface area contributed by atoms with Crippen molar-refractivity contribution >= 4 is 5.91 Å². The van der Waals surface area contributed by atoms with Crippen molar-refractivity contribution in [3.63, 3.8) is 0 Å². The van der Waals surface area contributed by atoms with Gasteiger partial charge < -0.3 is 20.8 Å². The summed E-state index contributed by atoms with van der Waals surface area (Å²) in [6.45, 7) is 5.40. The van der Waals surface area contributed by atoms with Crippen LogP contribution in [0.25, 0.3) is 0 Å². The Morgan fingerprint density at radius 2 is 2.11 bits per heavy atom. The van der Waals surface area contributed by atoms with E-state index in [2.05, 4.69) is 24.5 Å². The highest BCUT2D eigenvalue weighted by atomic mass is 16.3. The third kappa shape index (κ3) is 3.93. The Balaban J connectivity index is 2.44. The fourth-order valence-corrected chi connectivity index (χ4v) is 2.49. The third-order valence-electron chi connectivity index (χ3n) is 4.20. The van der Waals surface area contributed by atoms with Crippen LogP contribution < -0.4 is 10.6 Å². The van der Waals surface area contributed by atoms with Crippen molar-refractivity contribution in [1.29, 1.82) is 0 Å². The number of amides is 1. The van der Waals surface area contributed by atoms with Gasteiger partial charge in [0.25, 0.3) is 0 Å². The molecular weight excluding hydrogens is 232 g/mol. The highest BCUT2D eigenvalue weighted by molar-refractivity contribution is 5.82. The van der Waals surface area contributed by atoms with E-state index in [9.17, 15) is 9.90 Å². The summed E-state index contributed by atoms with van der Waals surface area (Å²) in [6, 6.07) is -0.277. The Kier molecular flexibility index (Phi) is 6.05. The first-order valence-corrected chi connectivity index (χ1v) is 6.87. The van der Waals surface area contributed by atoms with Crippen LogP contribution in [0.1, 0.15) is 39.5 Å². The minimum Gasteiger partial charge on any atom is -0.396 e. The Morgan fingerprint density at radius 3 is 2.56 bits per heavy atom. The predicted octanol–water partition coefficient (Wildman–Crippen LogP) is 0.0142. The summed E-state index contributed by atoms with van der Waals surface area (Å²) in [6.07, 6.45) is 2.65. The average Bonchev–Trinajstić information content (AvgIpc) is 2.81. The summed E-state index contributed by atoms with van der Waals surface area (Å²) in [4.78, 5) is 11.9. The zero-order valence-corrected chi connectivity index (χ0v) is 11.4. The van der Waals surface area contributed by atoms with Crippen LogP contribution in [-0.2, 0) is 4.79 Å². The smallest absolute Gasteiger partial charge is 0.237 e. The van der Waals surface area contributed by atoms with Crippen molar-refractivity contribution in [1.82, 2.24) is 10.6 Å². The van der Waals surface area contributed by atoms with Gasteiger partial charge in [-0.2, -0.15) is 0 Å². The molecule has 5 nitrogen and oxygen atoms in total. The fourth-order valence-electron chi connectivity index (χ4n) is 2.49. The van der Waals surface area contributed by atoms with Crippen LogP contribution in [0.2, 0.25) is 0 Å². The second kappa shape index (κ2) is 7.07. The van der Waals surface area contributed by atoms with Gasteiger partial charge in [0.2, 0.25) is 5.91 Å². The van der Waals surface area contributed by atoms with Crippen molar-refractivity contribution in [2.75, 3.05) is 19.7 Å². The van der Waals surface area contributed by atoms with E-state index in [1.165, 1.54) is 0 Å². The van der Waals surface area contributed by atoms with Gasteiger partial charge in [0.1, 0.15) is 0 Å². The van der Waals surface area contributed by atoms with Gasteiger partial charge in [-0.1, -0.05) is 13.8 Å². The lowest BCUT2D eigenvalue weighted by Crippen LogP contribution is -2.45. The lowest BCUT2D eigenvalue weighted by Gasteiger charge is -2.31. The highest BCUT2D eigenvalue weighted by Crippen LogP contribution is 2.29. The Labute approximate surface area is 109 Å². The molecule has 0 saturated carbocycles. The second-order valence-corrected chi connectivity index (χ2v) is 5.25. The lowest BCUT2D eigenvalue weighted by molar-refractivity contribution is -0.123. The molecule has 1 aliphatic heterocycles. The third-order valence-corrected chi connectivity index (χ3v) is 4.20. The van der Waals surface area contributed by atoms with Crippen molar-refractivity contribution < 1.29 is 15.0 Å². The van der Waals surface area contributed by atoms with Gasteiger partial charge in [-0.3, -0.25) is 4.79 Å². The Hall–Kier alpha value is -0.650. The van der Waals surface area contributed by atoms with Crippen molar-refractivity contribution in [3.8, 4) is 0 Å². The number of carbonyl (C=O) groups excluding carboxylic acids is 1. The van der Waals surface area contributed by atoms with Crippen molar-refractivity contribution in [2.24, 2.45) is 5.41 Å². The molecule has 4 N–H and O–H groups in total. The summed E-state index contributed by atoms with van der Waals surface area (Å²) < 4.78 is 0. The van der Waals surface area contributed by atoms with Gasteiger partial charge in [0.05, 0.1) is 12.1 Å². The highest BCUT2D eigenvalue weighted by Gasteiger charge is 2.31. The van der Waals surface area contributed by atoms with Crippen LogP contribution in [0, 0.1) is 5.41 Å². The lowest BCUT2D eigenvalue weighted by atomic mass is 9.79. The maximum Gasteiger partial charge on any atom is 0.237 e. The van der Waals surface area contributed by atoms with Gasteiger partial charge in [0.15, 0.2) is 0 Å². The number of hydrogen-bond acceptors (Lipinski definition) is 4. The van der Waals surface area contributed by atoms with E-state index in [0.717, 1.165) is 12.8 Å². The zero-order chi connectivity index (χ0) is 13.6. The number of aliphatic hydroxyl groups is 2. The number of hydrogen-bond donors (Lipinski definition) is 4. The van der Waals surface area contributed by atoms with E-state index in [0.29, 0.717) is 25.9 Å². The van der Waals surface area contributed by atoms with Crippen molar-refractivity contribution in [3.05, 3.63) is 0 Å². The number of carbonyl (C=O) groups is 1. The molecule has 0 aliphatic carbocycles. The molecular formula is C13H26N2O3.